The maximum atomic E-state index is 12.9. The fraction of sp³-hybridized carbons (Fsp3) is 0.333. The summed E-state index contributed by atoms with van der Waals surface area (Å²) in [6, 6.07) is 8.44. The van der Waals surface area contributed by atoms with Gasteiger partial charge in [-0.3, -0.25) is 15.0 Å². The van der Waals surface area contributed by atoms with Crippen LogP contribution in [0.1, 0.15) is 47.5 Å². The lowest BCUT2D eigenvalue weighted by Gasteiger charge is -2.30. The van der Waals surface area contributed by atoms with Crippen LogP contribution in [-0.2, 0) is 4.79 Å². The Morgan fingerprint density at radius 1 is 1.23 bits per heavy atom. The van der Waals surface area contributed by atoms with Crippen molar-refractivity contribution >= 4 is 51.0 Å². The molecule has 2 N–H and O–H groups in total. The van der Waals surface area contributed by atoms with Crippen LogP contribution >= 0.6 is 22.9 Å². The number of rotatable bonds is 3. The molecular weight excluding hydrogens is 438 g/mol. The Morgan fingerprint density at radius 3 is 2.74 bits per heavy atom. The molecule has 3 aromatic rings. The van der Waals surface area contributed by atoms with Crippen molar-refractivity contribution in [2.75, 3.05) is 0 Å². The van der Waals surface area contributed by atoms with Crippen LogP contribution in [0.3, 0.4) is 0 Å². The lowest BCUT2D eigenvalue weighted by molar-refractivity contribution is -0.134. The zero-order valence-electron chi connectivity index (χ0n) is 16.8. The fourth-order valence-corrected chi connectivity index (χ4v) is 5.57. The van der Waals surface area contributed by atoms with Crippen molar-refractivity contribution in [2.24, 2.45) is 0 Å². The highest BCUT2D eigenvalue weighted by atomic mass is 35.5. The number of halogens is 1. The second kappa shape index (κ2) is 7.35. The zero-order chi connectivity index (χ0) is 21.8. The number of urea groups is 1. The highest BCUT2D eigenvalue weighted by Gasteiger charge is 2.52. The average molecular weight is 458 g/mol. The molecule has 10 heteroatoms. The van der Waals surface area contributed by atoms with Crippen molar-refractivity contribution in [2.45, 2.75) is 44.6 Å². The van der Waals surface area contributed by atoms with Gasteiger partial charge in [0, 0.05) is 10.4 Å². The van der Waals surface area contributed by atoms with Crippen LogP contribution < -0.4 is 10.7 Å². The van der Waals surface area contributed by atoms with E-state index in [-0.39, 0.29) is 5.91 Å². The Hall–Kier alpha value is -2.91. The fourth-order valence-electron chi connectivity index (χ4n) is 4.31. The number of nitrogens with one attached hydrogen (secondary N) is 2. The number of nitrogens with zero attached hydrogens (tertiary/aromatic N) is 3. The molecule has 5 rings (SSSR count). The number of fused-ring (bicyclic) bond motifs is 1. The van der Waals surface area contributed by atoms with Crippen molar-refractivity contribution < 1.29 is 14.4 Å². The first-order chi connectivity index (χ1) is 14.9. The third kappa shape index (κ3) is 3.28. The molecule has 1 saturated heterocycles. The van der Waals surface area contributed by atoms with Gasteiger partial charge in [0.15, 0.2) is 0 Å². The third-order valence-corrected chi connectivity index (χ3v) is 7.25. The zero-order valence-corrected chi connectivity index (χ0v) is 18.3. The molecule has 8 nitrogen and oxygen atoms in total. The van der Waals surface area contributed by atoms with Gasteiger partial charge in [0.05, 0.1) is 16.3 Å². The summed E-state index contributed by atoms with van der Waals surface area (Å²) in [7, 11) is 0. The monoisotopic (exact) mass is 457 g/mol. The average Bonchev–Trinajstić information content (AvgIpc) is 3.38. The Kier molecular flexibility index (Phi) is 4.75. The van der Waals surface area contributed by atoms with E-state index < -0.39 is 17.5 Å². The molecule has 3 heterocycles. The number of carbonyl (C=O) groups is 3. The molecule has 1 aliphatic heterocycles. The molecule has 2 aliphatic rings. The van der Waals surface area contributed by atoms with Gasteiger partial charge in [-0.15, -0.1) is 11.3 Å². The lowest BCUT2D eigenvalue weighted by atomic mass is 9.82. The molecule has 1 aliphatic carbocycles. The number of hydrogen-bond donors (Lipinski definition) is 2. The van der Waals surface area contributed by atoms with Crippen LogP contribution in [0, 0.1) is 6.92 Å². The largest absolute Gasteiger partial charge is 0.344 e. The minimum Gasteiger partial charge on any atom is -0.322 e. The van der Waals surface area contributed by atoms with Crippen molar-refractivity contribution in [3.8, 4) is 5.69 Å². The van der Waals surface area contributed by atoms with E-state index in [4.69, 9.17) is 11.6 Å². The van der Waals surface area contributed by atoms with Gasteiger partial charge in [0.25, 0.3) is 11.8 Å². The maximum absolute atomic E-state index is 12.9. The molecule has 160 valence electrons. The predicted molar refractivity (Wildman–Crippen MR) is 117 cm³/mol. The van der Waals surface area contributed by atoms with Crippen LogP contribution in [-0.4, -0.2) is 38.2 Å². The number of aryl methyl sites for hydroxylation is 1. The number of amides is 4. The summed E-state index contributed by atoms with van der Waals surface area (Å²) >= 11 is 7.36. The van der Waals surface area contributed by atoms with E-state index in [0.717, 1.165) is 45.9 Å². The molecule has 1 aromatic carbocycles. The summed E-state index contributed by atoms with van der Waals surface area (Å²) in [4.78, 5) is 39.4. The molecule has 2 fully saturated rings. The summed E-state index contributed by atoms with van der Waals surface area (Å²) in [5.41, 5.74) is 3.16. The molecule has 31 heavy (non-hydrogen) atoms. The van der Waals surface area contributed by atoms with Gasteiger partial charge in [0.2, 0.25) is 0 Å². The van der Waals surface area contributed by atoms with Gasteiger partial charge >= 0.3 is 6.03 Å². The number of benzene rings is 1. The quantitative estimate of drug-likeness (QED) is 0.582. The second-order valence-electron chi connectivity index (χ2n) is 7.96. The molecule has 4 amide bonds. The van der Waals surface area contributed by atoms with Crippen molar-refractivity contribution in [3.63, 3.8) is 0 Å². The van der Waals surface area contributed by atoms with Gasteiger partial charge < -0.3 is 5.32 Å². The number of hydrazine groups is 1. The SMILES string of the molecule is Cc1nn(-c2cccc(Cl)c2)c2sc(C(=O)NN3C(=O)NC4(CCCCC4)C3=O)cc12. The third-order valence-electron chi connectivity index (χ3n) is 5.90. The second-order valence-corrected chi connectivity index (χ2v) is 9.43. The Balaban J connectivity index is 1.42. The first kappa shape index (κ1) is 20.0. The normalized spacial score (nSPS) is 18.1. The minimum absolute atomic E-state index is 0.382. The van der Waals surface area contributed by atoms with E-state index in [1.54, 1.807) is 22.9 Å². The lowest BCUT2D eigenvalue weighted by Crippen LogP contribution is -2.50. The van der Waals surface area contributed by atoms with Crippen LogP contribution in [0.2, 0.25) is 5.02 Å². The van der Waals surface area contributed by atoms with Gasteiger partial charge in [-0.05, 0) is 44.0 Å². The molecule has 1 spiro atoms. The van der Waals surface area contributed by atoms with Crippen molar-refractivity contribution in [1.29, 1.82) is 0 Å². The summed E-state index contributed by atoms with van der Waals surface area (Å²) < 4.78 is 1.74. The Morgan fingerprint density at radius 2 is 2.00 bits per heavy atom. The summed E-state index contributed by atoms with van der Waals surface area (Å²) in [5.74, 6) is -0.887. The van der Waals surface area contributed by atoms with Crippen LogP contribution in [0.4, 0.5) is 4.79 Å². The number of aromatic nitrogens is 2. The molecular formula is C21H20ClN5O3S. The number of carbonyl (C=O) groups excluding carboxylic acids is 3. The molecule has 1 saturated carbocycles. The number of imide groups is 1. The summed E-state index contributed by atoms with van der Waals surface area (Å²) in [6.07, 6.45) is 4.00. The van der Waals surface area contributed by atoms with E-state index in [1.807, 2.05) is 19.1 Å². The van der Waals surface area contributed by atoms with E-state index >= 15 is 0 Å². The first-order valence-corrected chi connectivity index (χ1v) is 11.3. The van der Waals surface area contributed by atoms with E-state index in [9.17, 15) is 14.4 Å². The Bertz CT molecular complexity index is 1230. The predicted octanol–water partition coefficient (Wildman–Crippen LogP) is 3.95. The van der Waals surface area contributed by atoms with Gasteiger partial charge in [0.1, 0.15) is 10.4 Å². The Labute approximate surface area is 187 Å². The van der Waals surface area contributed by atoms with Crippen LogP contribution in [0.25, 0.3) is 15.9 Å². The molecule has 0 bridgehead atoms. The maximum Gasteiger partial charge on any atom is 0.344 e. The highest BCUT2D eigenvalue weighted by molar-refractivity contribution is 7.20. The topological polar surface area (TPSA) is 96.3 Å². The summed E-state index contributed by atoms with van der Waals surface area (Å²) in [5, 5.41) is 9.59. The molecule has 0 unspecified atom stereocenters. The van der Waals surface area contributed by atoms with E-state index in [2.05, 4.69) is 15.8 Å². The van der Waals surface area contributed by atoms with Crippen molar-refractivity contribution in [3.05, 3.63) is 45.9 Å². The number of thiophene rings is 1. The van der Waals surface area contributed by atoms with Gasteiger partial charge in [-0.1, -0.05) is 36.9 Å². The van der Waals surface area contributed by atoms with Crippen molar-refractivity contribution in [1.82, 2.24) is 25.5 Å². The van der Waals surface area contributed by atoms with Gasteiger partial charge in [-0.2, -0.15) is 10.1 Å². The first-order valence-electron chi connectivity index (χ1n) is 10.1. The standard InChI is InChI=1S/C21H20ClN5O3S/c1-12-15-11-16(31-18(15)26(24-12)14-7-5-6-13(22)10-14)17(28)25-27-19(29)21(23-20(27)30)8-3-2-4-9-21/h5-7,10-11H,2-4,8-9H2,1H3,(H,23,30)(H,25,28). The van der Waals surface area contributed by atoms with Crippen LogP contribution in [0.15, 0.2) is 30.3 Å². The number of hydrogen-bond acceptors (Lipinski definition) is 5. The molecule has 0 radical (unpaired) electrons. The molecule has 0 atom stereocenters. The summed E-state index contributed by atoms with van der Waals surface area (Å²) in [6.45, 7) is 1.86. The van der Waals surface area contributed by atoms with Gasteiger partial charge in [-0.25, -0.2) is 9.48 Å². The molecule has 2 aromatic heterocycles. The van der Waals surface area contributed by atoms with Crippen LogP contribution in [0.5, 0.6) is 0 Å². The minimum atomic E-state index is -0.882. The van der Waals surface area contributed by atoms with E-state index in [0.29, 0.717) is 22.7 Å². The van der Waals surface area contributed by atoms with E-state index in [1.165, 1.54) is 11.3 Å². The highest BCUT2D eigenvalue weighted by Crippen LogP contribution is 2.34. The smallest absolute Gasteiger partial charge is 0.322 e.